The van der Waals surface area contributed by atoms with Gasteiger partial charge in [0.1, 0.15) is 0 Å². The second-order valence-corrected chi connectivity index (χ2v) is 8.56. The zero-order valence-corrected chi connectivity index (χ0v) is 14.4. The third-order valence-corrected chi connectivity index (χ3v) is 5.87. The summed E-state index contributed by atoms with van der Waals surface area (Å²) in [6.07, 6.45) is 0.647. The predicted molar refractivity (Wildman–Crippen MR) is 89.4 cm³/mol. The molecule has 1 N–H and O–H groups in total. The van der Waals surface area contributed by atoms with Gasteiger partial charge in [-0.15, -0.1) is 0 Å². The summed E-state index contributed by atoms with van der Waals surface area (Å²) in [5.41, 5.74) is 1.15. The van der Waals surface area contributed by atoms with Crippen molar-refractivity contribution in [3.05, 3.63) is 35.4 Å². The molecule has 1 aliphatic heterocycles. The minimum atomic E-state index is -2.94. The summed E-state index contributed by atoms with van der Waals surface area (Å²) in [5.74, 6) is -0.514. The molecule has 0 aromatic heterocycles. The van der Waals surface area contributed by atoms with Crippen LogP contribution in [0.25, 0.3) is 0 Å². The van der Waals surface area contributed by atoms with Crippen molar-refractivity contribution < 1.29 is 18.3 Å². The molecule has 0 bridgehead atoms. The van der Waals surface area contributed by atoms with E-state index in [0.29, 0.717) is 13.0 Å². The minimum absolute atomic E-state index is 0.00781. The Bertz CT molecular complexity index is 658. The number of hydrogen-bond acceptors (Lipinski definition) is 5. The van der Waals surface area contributed by atoms with E-state index in [1.54, 1.807) is 18.2 Å². The Morgan fingerprint density at radius 3 is 2.61 bits per heavy atom. The van der Waals surface area contributed by atoms with Crippen molar-refractivity contribution in [1.29, 1.82) is 0 Å². The van der Waals surface area contributed by atoms with Gasteiger partial charge in [-0.2, -0.15) is 0 Å². The normalized spacial score (nSPS) is 20.3. The molecule has 1 aromatic rings. The van der Waals surface area contributed by atoms with Crippen LogP contribution in [0.15, 0.2) is 24.3 Å². The van der Waals surface area contributed by atoms with Gasteiger partial charge >= 0.3 is 5.97 Å². The van der Waals surface area contributed by atoms with E-state index in [-0.39, 0.29) is 23.1 Å². The van der Waals surface area contributed by atoms with E-state index in [1.165, 1.54) is 0 Å². The number of rotatable bonds is 7. The lowest BCUT2D eigenvalue weighted by molar-refractivity contribution is 0.0696. The zero-order chi connectivity index (χ0) is 17.0. The third-order valence-electron chi connectivity index (χ3n) is 4.12. The number of carbonyl (C=O) groups is 1. The molecule has 128 valence electrons. The minimum Gasteiger partial charge on any atom is -0.478 e. The maximum Gasteiger partial charge on any atom is 0.335 e. The lowest BCUT2D eigenvalue weighted by Crippen LogP contribution is -2.40. The summed E-state index contributed by atoms with van der Waals surface area (Å²) in [6, 6.07) is 6.85. The first-order chi connectivity index (χ1) is 10.8. The number of benzene rings is 1. The lowest BCUT2D eigenvalue weighted by atomic mass is 10.1. The van der Waals surface area contributed by atoms with Gasteiger partial charge in [-0.05, 0) is 38.2 Å². The molecule has 1 unspecified atom stereocenters. The number of sulfone groups is 1. The first kappa shape index (κ1) is 17.9. The molecule has 0 saturated carbocycles. The number of likely N-dealkylation sites (N-methyl/N-ethyl adjacent to an activating group) is 1. The molecule has 1 atom stereocenters. The quantitative estimate of drug-likeness (QED) is 0.796. The van der Waals surface area contributed by atoms with Crippen molar-refractivity contribution in [3.8, 4) is 0 Å². The summed E-state index contributed by atoms with van der Waals surface area (Å²) in [6.45, 7) is 2.15. The highest BCUT2D eigenvalue weighted by molar-refractivity contribution is 7.91. The first-order valence-corrected chi connectivity index (χ1v) is 9.50. The molecule has 1 aromatic carbocycles. The van der Waals surface area contributed by atoms with Crippen molar-refractivity contribution in [2.75, 3.05) is 38.7 Å². The average molecular weight is 340 g/mol. The Labute approximate surface area is 137 Å². The van der Waals surface area contributed by atoms with Gasteiger partial charge in [0.15, 0.2) is 9.84 Å². The number of carboxylic acid groups (broad SMARTS) is 1. The Hall–Kier alpha value is -1.44. The maximum absolute atomic E-state index is 11.8. The van der Waals surface area contributed by atoms with E-state index in [9.17, 15) is 13.2 Å². The third kappa shape index (κ3) is 5.30. The average Bonchev–Trinajstić information content (AvgIpc) is 2.83. The van der Waals surface area contributed by atoms with E-state index < -0.39 is 15.8 Å². The van der Waals surface area contributed by atoms with Crippen LogP contribution in [-0.4, -0.2) is 74.0 Å². The van der Waals surface area contributed by atoms with E-state index >= 15 is 0 Å². The van der Waals surface area contributed by atoms with Crippen LogP contribution in [0.1, 0.15) is 22.3 Å². The van der Waals surface area contributed by atoms with Gasteiger partial charge in [-0.1, -0.05) is 12.1 Å². The van der Waals surface area contributed by atoms with Crippen LogP contribution in [-0.2, 0) is 16.4 Å². The SMILES string of the molecule is CN(C)CCN(Cc1cccc(C(=O)O)c1)C1CCS(=O)(=O)C1. The molecule has 0 aliphatic carbocycles. The van der Waals surface area contributed by atoms with E-state index in [0.717, 1.165) is 18.7 Å². The van der Waals surface area contributed by atoms with Gasteiger partial charge in [0.05, 0.1) is 17.1 Å². The smallest absolute Gasteiger partial charge is 0.335 e. The Kier molecular flexibility index (Phi) is 5.78. The highest BCUT2D eigenvalue weighted by Crippen LogP contribution is 2.20. The second kappa shape index (κ2) is 7.42. The molecule has 23 heavy (non-hydrogen) atoms. The van der Waals surface area contributed by atoms with Crippen molar-refractivity contribution in [1.82, 2.24) is 9.80 Å². The van der Waals surface area contributed by atoms with Gasteiger partial charge in [-0.25, -0.2) is 13.2 Å². The second-order valence-electron chi connectivity index (χ2n) is 6.34. The zero-order valence-electron chi connectivity index (χ0n) is 13.6. The fourth-order valence-corrected chi connectivity index (χ4v) is 4.58. The molecule has 0 spiro atoms. The Morgan fingerprint density at radius 1 is 1.30 bits per heavy atom. The fraction of sp³-hybridized carbons (Fsp3) is 0.562. The van der Waals surface area contributed by atoms with Gasteiger partial charge in [0.25, 0.3) is 0 Å². The molecular formula is C16H24N2O4S. The molecule has 0 amide bonds. The summed E-state index contributed by atoms with van der Waals surface area (Å²) < 4.78 is 23.5. The van der Waals surface area contributed by atoms with Crippen LogP contribution >= 0.6 is 0 Å². The lowest BCUT2D eigenvalue weighted by Gasteiger charge is -2.29. The van der Waals surface area contributed by atoms with Crippen LogP contribution in [0.5, 0.6) is 0 Å². The fourth-order valence-electron chi connectivity index (χ4n) is 2.82. The molecule has 1 fully saturated rings. The molecule has 6 nitrogen and oxygen atoms in total. The molecular weight excluding hydrogens is 316 g/mol. The molecule has 2 rings (SSSR count). The largest absolute Gasteiger partial charge is 0.478 e. The maximum atomic E-state index is 11.8. The summed E-state index contributed by atoms with van der Waals surface area (Å²) in [4.78, 5) is 15.3. The van der Waals surface area contributed by atoms with Gasteiger partial charge in [-0.3, -0.25) is 4.90 Å². The van der Waals surface area contributed by atoms with Gasteiger partial charge in [0.2, 0.25) is 0 Å². The number of aromatic carboxylic acids is 1. The molecule has 1 aliphatic rings. The molecule has 7 heteroatoms. The summed E-state index contributed by atoms with van der Waals surface area (Å²) >= 11 is 0. The van der Waals surface area contributed by atoms with Crippen molar-refractivity contribution in [2.45, 2.75) is 19.0 Å². The van der Waals surface area contributed by atoms with E-state index in [2.05, 4.69) is 9.80 Å². The predicted octanol–water partition coefficient (Wildman–Crippen LogP) is 0.935. The number of carboxylic acids is 1. The first-order valence-electron chi connectivity index (χ1n) is 7.68. The van der Waals surface area contributed by atoms with Crippen LogP contribution in [0.4, 0.5) is 0 Å². The van der Waals surface area contributed by atoms with Gasteiger partial charge in [0, 0.05) is 25.7 Å². The van der Waals surface area contributed by atoms with E-state index in [1.807, 2.05) is 20.2 Å². The summed E-state index contributed by atoms with van der Waals surface area (Å²) in [5, 5.41) is 9.10. The topological polar surface area (TPSA) is 77.9 Å². The van der Waals surface area contributed by atoms with Crippen molar-refractivity contribution in [3.63, 3.8) is 0 Å². The monoisotopic (exact) mass is 340 g/mol. The van der Waals surface area contributed by atoms with Crippen molar-refractivity contribution in [2.24, 2.45) is 0 Å². The summed E-state index contributed by atoms with van der Waals surface area (Å²) in [7, 11) is 1.02. The van der Waals surface area contributed by atoms with Crippen LogP contribution in [0.2, 0.25) is 0 Å². The van der Waals surface area contributed by atoms with Crippen LogP contribution in [0.3, 0.4) is 0 Å². The van der Waals surface area contributed by atoms with E-state index in [4.69, 9.17) is 5.11 Å². The van der Waals surface area contributed by atoms with Crippen LogP contribution < -0.4 is 0 Å². The molecule has 0 radical (unpaired) electrons. The highest BCUT2D eigenvalue weighted by Gasteiger charge is 2.32. The molecule has 1 saturated heterocycles. The number of nitrogens with zero attached hydrogens (tertiary/aromatic N) is 2. The standard InChI is InChI=1S/C16H24N2O4S/c1-17(2)7-8-18(15-6-9-23(21,22)12-15)11-13-4-3-5-14(10-13)16(19)20/h3-5,10,15H,6-9,11-12H2,1-2H3,(H,19,20). The van der Waals surface area contributed by atoms with Gasteiger partial charge < -0.3 is 10.0 Å². The Balaban J connectivity index is 2.14. The highest BCUT2D eigenvalue weighted by atomic mass is 32.2. The number of hydrogen-bond donors (Lipinski definition) is 1. The molecule has 1 heterocycles. The Morgan fingerprint density at radius 2 is 2.04 bits per heavy atom. The van der Waals surface area contributed by atoms with Crippen molar-refractivity contribution >= 4 is 15.8 Å². The van der Waals surface area contributed by atoms with Crippen LogP contribution in [0, 0.1) is 0 Å².